The summed E-state index contributed by atoms with van der Waals surface area (Å²) in [7, 11) is 0. The second-order valence-corrected chi connectivity index (χ2v) is 9.53. The van der Waals surface area contributed by atoms with Gasteiger partial charge >= 0.3 is 6.09 Å². The van der Waals surface area contributed by atoms with Crippen LogP contribution < -0.4 is 0 Å². The highest BCUT2D eigenvalue weighted by molar-refractivity contribution is 5.79. The number of carbonyl (C=O) groups is 2. The summed E-state index contributed by atoms with van der Waals surface area (Å²) < 4.78 is 5.47. The Balaban J connectivity index is 1.35. The first-order valence-corrected chi connectivity index (χ1v) is 10.9. The molecule has 3 aliphatic heterocycles. The number of hydrogen-bond acceptors (Lipinski definition) is 4. The molecule has 0 aromatic heterocycles. The summed E-state index contributed by atoms with van der Waals surface area (Å²) >= 11 is 0. The predicted molar refractivity (Wildman–Crippen MR) is 112 cm³/mol. The summed E-state index contributed by atoms with van der Waals surface area (Å²) in [6.07, 6.45) is 2.28. The Bertz CT molecular complexity index is 765. The van der Waals surface area contributed by atoms with Crippen molar-refractivity contribution in [3.8, 4) is 0 Å². The maximum absolute atomic E-state index is 13.2. The lowest BCUT2D eigenvalue weighted by Gasteiger charge is -2.46. The third-order valence-corrected chi connectivity index (χ3v) is 6.38. The molecule has 1 aromatic rings. The normalized spacial score (nSPS) is 23.3. The molecule has 0 saturated carbocycles. The zero-order chi connectivity index (χ0) is 20.6. The largest absolute Gasteiger partial charge is 0.444 e. The maximum Gasteiger partial charge on any atom is 0.410 e. The molecule has 0 bridgehead atoms. The first-order valence-electron chi connectivity index (χ1n) is 10.9. The molecule has 29 heavy (non-hydrogen) atoms. The molecule has 6 nitrogen and oxygen atoms in total. The van der Waals surface area contributed by atoms with E-state index in [1.807, 2.05) is 20.8 Å². The summed E-state index contributed by atoms with van der Waals surface area (Å²) in [5, 5.41) is 0. The van der Waals surface area contributed by atoms with Crippen LogP contribution in [0.2, 0.25) is 0 Å². The standard InChI is InChI=1S/C23H33N3O3/c1-23(2,3)29-22(28)25-12-9-18(10-13-25)21(27)26-15-14-24-11-8-17-6-4-5-7-19(17)20(24)16-26/h4-7,18,20H,8-16H2,1-3H3. The minimum atomic E-state index is -0.486. The Kier molecular flexibility index (Phi) is 5.56. The number of rotatable bonds is 1. The Morgan fingerprint density at radius 2 is 1.69 bits per heavy atom. The van der Waals surface area contributed by atoms with Gasteiger partial charge in [0.15, 0.2) is 0 Å². The number of piperidine rings is 1. The number of piperazine rings is 1. The predicted octanol–water partition coefficient (Wildman–Crippen LogP) is 3.08. The zero-order valence-corrected chi connectivity index (χ0v) is 17.9. The summed E-state index contributed by atoms with van der Waals surface area (Å²) in [6, 6.07) is 8.98. The van der Waals surface area contributed by atoms with E-state index in [9.17, 15) is 9.59 Å². The molecule has 2 saturated heterocycles. The quantitative estimate of drug-likeness (QED) is 0.728. The highest BCUT2D eigenvalue weighted by Gasteiger charge is 2.37. The van der Waals surface area contributed by atoms with Crippen LogP contribution in [0.1, 0.15) is 50.8 Å². The minimum Gasteiger partial charge on any atom is -0.444 e. The van der Waals surface area contributed by atoms with Gasteiger partial charge in [0.1, 0.15) is 5.60 Å². The van der Waals surface area contributed by atoms with Gasteiger partial charge in [-0.15, -0.1) is 0 Å². The van der Waals surface area contributed by atoms with Gasteiger partial charge in [-0.3, -0.25) is 9.69 Å². The molecular formula is C23H33N3O3. The van der Waals surface area contributed by atoms with Crippen LogP contribution in [0.25, 0.3) is 0 Å². The van der Waals surface area contributed by atoms with E-state index in [-0.39, 0.29) is 17.9 Å². The lowest BCUT2D eigenvalue weighted by molar-refractivity contribution is -0.140. The van der Waals surface area contributed by atoms with Gasteiger partial charge in [0, 0.05) is 45.2 Å². The molecule has 2 fully saturated rings. The molecule has 4 rings (SSSR count). The SMILES string of the molecule is CC(C)(C)OC(=O)N1CCC(C(=O)N2CCN3CCc4ccccc4C3C2)CC1. The number of benzene rings is 1. The molecule has 6 heteroatoms. The summed E-state index contributed by atoms with van der Waals surface area (Å²) in [4.78, 5) is 31.8. The van der Waals surface area contributed by atoms with E-state index in [2.05, 4.69) is 34.1 Å². The fourth-order valence-electron chi connectivity index (χ4n) is 4.83. The molecular weight excluding hydrogens is 366 g/mol. The third kappa shape index (κ3) is 4.42. The molecule has 0 aliphatic carbocycles. The molecule has 1 aromatic carbocycles. The number of amides is 2. The second-order valence-electron chi connectivity index (χ2n) is 9.53. The maximum atomic E-state index is 13.2. The fraction of sp³-hybridized carbons (Fsp3) is 0.652. The van der Waals surface area contributed by atoms with Crippen molar-refractivity contribution in [2.45, 2.75) is 51.7 Å². The minimum absolute atomic E-state index is 0.0130. The highest BCUT2D eigenvalue weighted by atomic mass is 16.6. The van der Waals surface area contributed by atoms with Crippen molar-refractivity contribution in [2.75, 3.05) is 39.3 Å². The van der Waals surface area contributed by atoms with E-state index in [4.69, 9.17) is 4.74 Å². The van der Waals surface area contributed by atoms with Crippen molar-refractivity contribution in [3.05, 3.63) is 35.4 Å². The second kappa shape index (κ2) is 7.98. The van der Waals surface area contributed by atoms with Crippen LogP contribution in [-0.2, 0) is 16.0 Å². The fourth-order valence-corrected chi connectivity index (χ4v) is 4.83. The van der Waals surface area contributed by atoms with Crippen molar-refractivity contribution in [3.63, 3.8) is 0 Å². The molecule has 3 aliphatic rings. The van der Waals surface area contributed by atoms with Crippen LogP contribution in [0.15, 0.2) is 24.3 Å². The molecule has 1 unspecified atom stereocenters. The monoisotopic (exact) mass is 399 g/mol. The van der Waals surface area contributed by atoms with Gasteiger partial charge in [-0.05, 0) is 51.2 Å². The van der Waals surface area contributed by atoms with Crippen LogP contribution in [0.3, 0.4) is 0 Å². The Hall–Kier alpha value is -2.08. The lowest BCUT2D eigenvalue weighted by atomic mass is 9.89. The zero-order valence-electron chi connectivity index (χ0n) is 17.9. The van der Waals surface area contributed by atoms with Crippen LogP contribution in [-0.4, -0.2) is 71.6 Å². The van der Waals surface area contributed by atoms with Crippen molar-refractivity contribution in [1.82, 2.24) is 14.7 Å². The number of nitrogens with zero attached hydrogens (tertiary/aromatic N) is 3. The van der Waals surface area contributed by atoms with E-state index < -0.39 is 5.60 Å². The molecule has 2 amide bonds. The van der Waals surface area contributed by atoms with Crippen molar-refractivity contribution < 1.29 is 14.3 Å². The summed E-state index contributed by atoms with van der Waals surface area (Å²) in [5.41, 5.74) is 2.32. The van der Waals surface area contributed by atoms with Gasteiger partial charge in [0.2, 0.25) is 5.91 Å². The third-order valence-electron chi connectivity index (χ3n) is 6.38. The average Bonchev–Trinajstić information content (AvgIpc) is 2.71. The molecule has 0 N–H and O–H groups in total. The van der Waals surface area contributed by atoms with Crippen LogP contribution >= 0.6 is 0 Å². The molecule has 0 radical (unpaired) electrons. The van der Waals surface area contributed by atoms with Gasteiger partial charge in [-0.25, -0.2) is 4.79 Å². The first-order chi connectivity index (χ1) is 13.8. The topological polar surface area (TPSA) is 53.1 Å². The number of ether oxygens (including phenoxy) is 1. The number of likely N-dealkylation sites (tertiary alicyclic amines) is 1. The van der Waals surface area contributed by atoms with Crippen LogP contribution in [0.4, 0.5) is 4.79 Å². The number of carbonyl (C=O) groups excluding carboxylic acids is 2. The van der Waals surface area contributed by atoms with E-state index >= 15 is 0 Å². The number of fused-ring (bicyclic) bond motifs is 3. The summed E-state index contributed by atoms with van der Waals surface area (Å²) in [5.74, 6) is 0.274. The Labute approximate surface area is 173 Å². The molecule has 3 heterocycles. The lowest BCUT2D eigenvalue weighted by Crippen LogP contribution is -2.54. The average molecular weight is 400 g/mol. The van der Waals surface area contributed by atoms with Crippen LogP contribution in [0.5, 0.6) is 0 Å². The molecule has 0 spiro atoms. The molecule has 158 valence electrons. The Morgan fingerprint density at radius 1 is 0.966 bits per heavy atom. The van der Waals surface area contributed by atoms with Gasteiger partial charge in [-0.2, -0.15) is 0 Å². The van der Waals surface area contributed by atoms with Crippen LogP contribution in [0, 0.1) is 5.92 Å². The smallest absolute Gasteiger partial charge is 0.410 e. The first kappa shape index (κ1) is 20.2. The number of hydrogen-bond donors (Lipinski definition) is 0. The van der Waals surface area contributed by atoms with Crippen molar-refractivity contribution in [2.24, 2.45) is 5.92 Å². The van der Waals surface area contributed by atoms with Gasteiger partial charge in [0.05, 0.1) is 6.04 Å². The van der Waals surface area contributed by atoms with E-state index in [0.29, 0.717) is 19.1 Å². The van der Waals surface area contributed by atoms with E-state index in [0.717, 1.165) is 45.4 Å². The van der Waals surface area contributed by atoms with Crippen molar-refractivity contribution in [1.29, 1.82) is 0 Å². The van der Waals surface area contributed by atoms with Gasteiger partial charge in [-0.1, -0.05) is 24.3 Å². The van der Waals surface area contributed by atoms with E-state index in [1.54, 1.807) is 4.90 Å². The van der Waals surface area contributed by atoms with E-state index in [1.165, 1.54) is 11.1 Å². The van der Waals surface area contributed by atoms with Crippen molar-refractivity contribution >= 4 is 12.0 Å². The molecule has 1 atom stereocenters. The summed E-state index contributed by atoms with van der Waals surface area (Å²) in [6.45, 7) is 10.4. The van der Waals surface area contributed by atoms with Gasteiger partial charge in [0.25, 0.3) is 0 Å². The highest BCUT2D eigenvalue weighted by Crippen LogP contribution is 2.33. The Morgan fingerprint density at radius 3 is 2.41 bits per heavy atom. The van der Waals surface area contributed by atoms with Gasteiger partial charge < -0.3 is 14.5 Å².